The summed E-state index contributed by atoms with van der Waals surface area (Å²) in [4.78, 5) is 0. The Balaban J connectivity index is 1.76. The van der Waals surface area contributed by atoms with E-state index in [2.05, 4.69) is 19.2 Å². The van der Waals surface area contributed by atoms with Crippen LogP contribution in [-0.4, -0.2) is 26.3 Å². The molecule has 1 aromatic rings. The second-order valence-corrected chi connectivity index (χ2v) is 6.25. The van der Waals surface area contributed by atoms with Crippen LogP contribution in [0.4, 0.5) is 0 Å². The molecule has 0 heterocycles. The van der Waals surface area contributed by atoms with Gasteiger partial charge in [-0.2, -0.15) is 0 Å². The molecule has 0 bridgehead atoms. The van der Waals surface area contributed by atoms with Crippen molar-refractivity contribution in [1.29, 1.82) is 0 Å². The molecule has 1 aliphatic rings. The molecule has 1 aliphatic carbocycles. The van der Waals surface area contributed by atoms with Gasteiger partial charge in [-0.05, 0) is 36.8 Å². The molecule has 0 spiro atoms. The van der Waals surface area contributed by atoms with Crippen LogP contribution in [-0.2, 0) is 0 Å². The van der Waals surface area contributed by atoms with E-state index in [9.17, 15) is 0 Å². The standard InChI is InChI=1S/C18H29NO2/c1-14(2)15-8-4-5-9-16(15)19-12-13-21-18-11-7-6-10-17(18)20-3/h6-7,10-11,14-16,19H,4-5,8-9,12-13H2,1-3H3. The van der Waals surface area contributed by atoms with Crippen molar-refractivity contribution < 1.29 is 9.47 Å². The van der Waals surface area contributed by atoms with Gasteiger partial charge in [-0.25, -0.2) is 0 Å². The lowest BCUT2D eigenvalue weighted by molar-refractivity contribution is 0.194. The minimum Gasteiger partial charge on any atom is -0.493 e. The van der Waals surface area contributed by atoms with E-state index in [1.165, 1.54) is 25.7 Å². The molecule has 118 valence electrons. The first-order valence-corrected chi connectivity index (χ1v) is 8.21. The van der Waals surface area contributed by atoms with Crippen LogP contribution in [0.25, 0.3) is 0 Å². The SMILES string of the molecule is COc1ccccc1OCCNC1CCCCC1C(C)C. The summed E-state index contributed by atoms with van der Waals surface area (Å²) in [5.41, 5.74) is 0. The van der Waals surface area contributed by atoms with Crippen molar-refractivity contribution in [1.82, 2.24) is 5.32 Å². The molecule has 2 unspecified atom stereocenters. The maximum absolute atomic E-state index is 5.83. The monoisotopic (exact) mass is 291 g/mol. The highest BCUT2D eigenvalue weighted by Crippen LogP contribution is 2.30. The molecule has 2 rings (SSSR count). The van der Waals surface area contributed by atoms with Crippen LogP contribution in [0.15, 0.2) is 24.3 Å². The topological polar surface area (TPSA) is 30.5 Å². The third-order valence-corrected chi connectivity index (χ3v) is 4.51. The zero-order valence-corrected chi connectivity index (χ0v) is 13.6. The number of para-hydroxylation sites is 2. The van der Waals surface area contributed by atoms with Crippen molar-refractivity contribution in [3.8, 4) is 11.5 Å². The molecule has 3 heteroatoms. The Labute approximate surface area is 129 Å². The maximum Gasteiger partial charge on any atom is 0.161 e. The van der Waals surface area contributed by atoms with Gasteiger partial charge in [-0.15, -0.1) is 0 Å². The number of ether oxygens (including phenoxy) is 2. The van der Waals surface area contributed by atoms with E-state index in [0.717, 1.165) is 29.9 Å². The Morgan fingerprint density at radius 1 is 1.14 bits per heavy atom. The van der Waals surface area contributed by atoms with Gasteiger partial charge >= 0.3 is 0 Å². The fraction of sp³-hybridized carbons (Fsp3) is 0.667. The Hall–Kier alpha value is -1.22. The van der Waals surface area contributed by atoms with Crippen molar-refractivity contribution in [3.63, 3.8) is 0 Å². The average Bonchev–Trinajstić information content (AvgIpc) is 2.52. The van der Waals surface area contributed by atoms with Crippen LogP contribution in [0, 0.1) is 11.8 Å². The Kier molecular flexibility index (Phi) is 6.37. The van der Waals surface area contributed by atoms with Crippen LogP contribution in [0.1, 0.15) is 39.5 Å². The van der Waals surface area contributed by atoms with Gasteiger partial charge in [-0.3, -0.25) is 0 Å². The van der Waals surface area contributed by atoms with E-state index in [0.29, 0.717) is 12.6 Å². The summed E-state index contributed by atoms with van der Waals surface area (Å²) in [6, 6.07) is 8.47. The number of hydrogen-bond donors (Lipinski definition) is 1. The van der Waals surface area contributed by atoms with Gasteiger partial charge in [0.1, 0.15) is 6.61 Å². The molecule has 0 saturated heterocycles. The van der Waals surface area contributed by atoms with Gasteiger partial charge in [0.15, 0.2) is 11.5 Å². The van der Waals surface area contributed by atoms with Crippen molar-refractivity contribution in [3.05, 3.63) is 24.3 Å². The van der Waals surface area contributed by atoms with Crippen LogP contribution >= 0.6 is 0 Å². The van der Waals surface area contributed by atoms with Crippen molar-refractivity contribution in [2.24, 2.45) is 11.8 Å². The number of hydrogen-bond acceptors (Lipinski definition) is 3. The molecular weight excluding hydrogens is 262 g/mol. The second kappa shape index (κ2) is 8.28. The fourth-order valence-corrected chi connectivity index (χ4v) is 3.35. The first-order valence-electron chi connectivity index (χ1n) is 8.21. The van der Waals surface area contributed by atoms with E-state index in [4.69, 9.17) is 9.47 Å². The summed E-state index contributed by atoms with van der Waals surface area (Å²) >= 11 is 0. The highest BCUT2D eigenvalue weighted by Gasteiger charge is 2.26. The molecule has 0 amide bonds. The lowest BCUT2D eigenvalue weighted by Gasteiger charge is -2.35. The van der Waals surface area contributed by atoms with Crippen LogP contribution in [0.2, 0.25) is 0 Å². The minimum atomic E-state index is 0.653. The molecule has 2 atom stereocenters. The van der Waals surface area contributed by atoms with E-state index in [1.807, 2.05) is 24.3 Å². The molecule has 1 N–H and O–H groups in total. The number of rotatable bonds is 7. The molecule has 0 aliphatic heterocycles. The molecule has 3 nitrogen and oxygen atoms in total. The lowest BCUT2D eigenvalue weighted by Crippen LogP contribution is -2.42. The summed E-state index contributed by atoms with van der Waals surface area (Å²) in [5.74, 6) is 3.20. The highest BCUT2D eigenvalue weighted by molar-refractivity contribution is 5.39. The van der Waals surface area contributed by atoms with E-state index < -0.39 is 0 Å². The molecular formula is C18H29NO2. The Morgan fingerprint density at radius 3 is 2.57 bits per heavy atom. The molecule has 21 heavy (non-hydrogen) atoms. The van der Waals surface area contributed by atoms with Crippen LogP contribution in [0.3, 0.4) is 0 Å². The average molecular weight is 291 g/mol. The zero-order valence-electron chi connectivity index (χ0n) is 13.6. The molecule has 1 fully saturated rings. The summed E-state index contributed by atoms with van der Waals surface area (Å²) in [6.07, 6.45) is 5.41. The third-order valence-electron chi connectivity index (χ3n) is 4.51. The summed E-state index contributed by atoms with van der Waals surface area (Å²) in [5, 5.41) is 3.69. The normalized spacial score (nSPS) is 22.3. The first-order chi connectivity index (χ1) is 10.2. The summed E-state index contributed by atoms with van der Waals surface area (Å²) in [6.45, 7) is 6.26. The summed E-state index contributed by atoms with van der Waals surface area (Å²) < 4.78 is 11.1. The van der Waals surface area contributed by atoms with Crippen LogP contribution < -0.4 is 14.8 Å². The fourth-order valence-electron chi connectivity index (χ4n) is 3.35. The Bertz CT molecular complexity index is 419. The number of benzene rings is 1. The van der Waals surface area contributed by atoms with Crippen molar-refractivity contribution >= 4 is 0 Å². The molecule has 0 aromatic heterocycles. The molecule has 0 radical (unpaired) electrons. The van der Waals surface area contributed by atoms with Gasteiger partial charge in [0.25, 0.3) is 0 Å². The van der Waals surface area contributed by atoms with Crippen molar-refractivity contribution in [2.75, 3.05) is 20.3 Å². The third kappa shape index (κ3) is 4.63. The smallest absolute Gasteiger partial charge is 0.161 e. The van der Waals surface area contributed by atoms with Gasteiger partial charge in [0.2, 0.25) is 0 Å². The minimum absolute atomic E-state index is 0.653. The predicted octanol–water partition coefficient (Wildman–Crippen LogP) is 3.88. The Morgan fingerprint density at radius 2 is 1.86 bits per heavy atom. The van der Waals surface area contributed by atoms with E-state index in [-0.39, 0.29) is 0 Å². The quantitative estimate of drug-likeness (QED) is 0.773. The van der Waals surface area contributed by atoms with E-state index in [1.54, 1.807) is 7.11 Å². The zero-order chi connectivity index (χ0) is 15.1. The first kappa shape index (κ1) is 16.2. The van der Waals surface area contributed by atoms with Gasteiger partial charge in [0.05, 0.1) is 7.11 Å². The second-order valence-electron chi connectivity index (χ2n) is 6.25. The van der Waals surface area contributed by atoms with E-state index >= 15 is 0 Å². The maximum atomic E-state index is 5.83. The summed E-state index contributed by atoms with van der Waals surface area (Å²) in [7, 11) is 1.68. The van der Waals surface area contributed by atoms with Gasteiger partial charge in [0, 0.05) is 12.6 Å². The van der Waals surface area contributed by atoms with Crippen molar-refractivity contribution in [2.45, 2.75) is 45.6 Å². The predicted molar refractivity (Wildman–Crippen MR) is 87.1 cm³/mol. The number of nitrogens with one attached hydrogen (secondary N) is 1. The number of methoxy groups -OCH3 is 1. The molecule has 1 saturated carbocycles. The van der Waals surface area contributed by atoms with Gasteiger partial charge in [-0.1, -0.05) is 38.8 Å². The van der Waals surface area contributed by atoms with Gasteiger partial charge < -0.3 is 14.8 Å². The molecule has 1 aromatic carbocycles. The largest absolute Gasteiger partial charge is 0.493 e. The lowest BCUT2D eigenvalue weighted by atomic mass is 9.78. The van der Waals surface area contributed by atoms with Crippen LogP contribution in [0.5, 0.6) is 11.5 Å². The highest BCUT2D eigenvalue weighted by atomic mass is 16.5.